The lowest BCUT2D eigenvalue weighted by Gasteiger charge is -2.04. The molecule has 2 rings (SSSR count). The van der Waals surface area contributed by atoms with Crippen molar-refractivity contribution in [1.29, 1.82) is 0 Å². The second-order valence-electron chi connectivity index (χ2n) is 3.65. The molecule has 2 N–H and O–H groups in total. The van der Waals surface area contributed by atoms with Crippen LogP contribution in [0.5, 0.6) is 5.75 Å². The number of nitrogens with one attached hydrogen (secondary N) is 1. The number of carboxylic acids is 1. The highest BCUT2D eigenvalue weighted by Gasteiger charge is 2.15. The van der Waals surface area contributed by atoms with E-state index in [-0.39, 0.29) is 5.69 Å². The van der Waals surface area contributed by atoms with E-state index in [9.17, 15) is 4.79 Å². The van der Waals surface area contributed by atoms with Gasteiger partial charge in [0.15, 0.2) is 5.03 Å². The van der Waals surface area contributed by atoms with E-state index in [0.29, 0.717) is 17.4 Å². The summed E-state index contributed by atoms with van der Waals surface area (Å²) in [5.41, 5.74) is 1.02. The van der Waals surface area contributed by atoms with E-state index in [1.807, 2.05) is 31.2 Å². The molecule has 1 aromatic carbocycles. The number of aromatic amines is 1. The third-order valence-electron chi connectivity index (χ3n) is 2.33. The van der Waals surface area contributed by atoms with E-state index in [0.717, 1.165) is 11.3 Å². The van der Waals surface area contributed by atoms with Crippen LogP contribution in [0.1, 0.15) is 23.0 Å². The molecule has 100 valence electrons. The van der Waals surface area contributed by atoms with Crippen molar-refractivity contribution < 1.29 is 14.6 Å². The monoisotopic (exact) mass is 279 g/mol. The summed E-state index contributed by atoms with van der Waals surface area (Å²) in [6, 6.07) is 7.66. The molecule has 19 heavy (non-hydrogen) atoms. The van der Waals surface area contributed by atoms with Crippen LogP contribution < -0.4 is 4.74 Å². The topological polar surface area (TPSA) is 88.1 Å². The number of nitrogens with zero attached hydrogens (tertiary/aromatic N) is 2. The number of hydrogen-bond donors (Lipinski definition) is 2. The predicted octanol–water partition coefficient (Wildman–Crippen LogP) is 2.19. The molecule has 0 bridgehead atoms. The van der Waals surface area contributed by atoms with Gasteiger partial charge in [-0.2, -0.15) is 5.21 Å². The van der Waals surface area contributed by atoms with Gasteiger partial charge in [-0.25, -0.2) is 4.79 Å². The van der Waals surface area contributed by atoms with Crippen molar-refractivity contribution in [3.8, 4) is 5.75 Å². The second kappa shape index (κ2) is 6.24. The van der Waals surface area contributed by atoms with Crippen molar-refractivity contribution in [2.45, 2.75) is 17.7 Å². The van der Waals surface area contributed by atoms with Crippen LogP contribution >= 0.6 is 11.8 Å². The highest BCUT2D eigenvalue weighted by atomic mass is 32.2. The molecule has 0 fully saturated rings. The van der Waals surface area contributed by atoms with Gasteiger partial charge in [-0.15, -0.1) is 10.2 Å². The number of hydrogen-bond acceptors (Lipinski definition) is 5. The molecule has 0 aliphatic rings. The fourth-order valence-corrected chi connectivity index (χ4v) is 2.33. The summed E-state index contributed by atoms with van der Waals surface area (Å²) in [5, 5.41) is 19.0. The average Bonchev–Trinajstić information content (AvgIpc) is 2.87. The first kappa shape index (κ1) is 13.4. The maximum atomic E-state index is 10.9. The summed E-state index contributed by atoms with van der Waals surface area (Å²) in [7, 11) is 0. The number of H-pyrrole nitrogens is 1. The summed E-state index contributed by atoms with van der Waals surface area (Å²) in [4.78, 5) is 10.9. The molecule has 0 saturated carbocycles. The van der Waals surface area contributed by atoms with Gasteiger partial charge in [0, 0.05) is 5.75 Å². The highest BCUT2D eigenvalue weighted by Crippen LogP contribution is 2.24. The number of rotatable bonds is 6. The standard InChI is InChI=1S/C12H13N3O3S/c1-2-18-9-5-3-8(4-6-9)7-19-11-10(12(16)17)13-15-14-11/h3-6H,2,7H2,1H3,(H,16,17)(H,13,14,15). The molecule has 0 amide bonds. The van der Waals surface area contributed by atoms with Crippen LogP contribution in [0.15, 0.2) is 29.3 Å². The van der Waals surface area contributed by atoms with E-state index in [2.05, 4.69) is 15.4 Å². The van der Waals surface area contributed by atoms with Gasteiger partial charge in [-0.3, -0.25) is 0 Å². The lowest BCUT2D eigenvalue weighted by molar-refractivity contribution is 0.0686. The maximum absolute atomic E-state index is 10.9. The Morgan fingerprint density at radius 2 is 2.11 bits per heavy atom. The summed E-state index contributed by atoms with van der Waals surface area (Å²) in [5.74, 6) is 0.367. The van der Waals surface area contributed by atoms with Gasteiger partial charge in [0.1, 0.15) is 5.75 Å². The Hall–Kier alpha value is -2.02. The molecule has 0 aliphatic heterocycles. The Morgan fingerprint density at radius 1 is 1.37 bits per heavy atom. The van der Waals surface area contributed by atoms with Crippen LogP contribution in [0.25, 0.3) is 0 Å². The van der Waals surface area contributed by atoms with Crippen LogP contribution in [0.2, 0.25) is 0 Å². The summed E-state index contributed by atoms with van der Waals surface area (Å²) in [6.45, 7) is 2.57. The Balaban J connectivity index is 1.98. The van der Waals surface area contributed by atoms with E-state index in [4.69, 9.17) is 9.84 Å². The van der Waals surface area contributed by atoms with Gasteiger partial charge in [0.05, 0.1) is 6.61 Å². The molecular weight excluding hydrogens is 266 g/mol. The van der Waals surface area contributed by atoms with Gasteiger partial charge in [-0.05, 0) is 24.6 Å². The number of benzene rings is 1. The maximum Gasteiger partial charge on any atom is 0.359 e. The molecule has 0 unspecified atom stereocenters. The fraction of sp³-hybridized carbons (Fsp3) is 0.250. The van der Waals surface area contributed by atoms with Gasteiger partial charge in [0.25, 0.3) is 0 Å². The molecule has 0 aliphatic carbocycles. The van der Waals surface area contributed by atoms with Crippen LogP contribution in [-0.2, 0) is 5.75 Å². The lowest BCUT2D eigenvalue weighted by atomic mass is 10.2. The normalized spacial score (nSPS) is 10.4. The minimum absolute atomic E-state index is 0.0454. The van der Waals surface area contributed by atoms with Gasteiger partial charge in [-0.1, -0.05) is 23.9 Å². The predicted molar refractivity (Wildman–Crippen MR) is 70.5 cm³/mol. The van der Waals surface area contributed by atoms with Gasteiger partial charge < -0.3 is 9.84 Å². The Kier molecular flexibility index (Phi) is 4.40. The minimum Gasteiger partial charge on any atom is -0.494 e. The van der Waals surface area contributed by atoms with Gasteiger partial charge >= 0.3 is 5.97 Å². The first-order valence-corrected chi connectivity index (χ1v) is 6.68. The van der Waals surface area contributed by atoms with E-state index >= 15 is 0 Å². The van der Waals surface area contributed by atoms with Crippen molar-refractivity contribution in [3.63, 3.8) is 0 Å². The Labute approximate surface area is 114 Å². The number of carbonyl (C=O) groups is 1. The average molecular weight is 279 g/mol. The van der Waals surface area contributed by atoms with Crippen molar-refractivity contribution in [2.24, 2.45) is 0 Å². The Bertz CT molecular complexity index is 554. The number of aromatic carboxylic acids is 1. The molecule has 6 nitrogen and oxygen atoms in total. The molecule has 0 radical (unpaired) electrons. The molecule has 7 heteroatoms. The van der Waals surface area contributed by atoms with Crippen LogP contribution in [-0.4, -0.2) is 33.1 Å². The number of aromatic nitrogens is 3. The quantitative estimate of drug-likeness (QED) is 0.788. The van der Waals surface area contributed by atoms with E-state index < -0.39 is 5.97 Å². The van der Waals surface area contributed by atoms with Crippen molar-refractivity contribution in [1.82, 2.24) is 15.4 Å². The highest BCUT2D eigenvalue weighted by molar-refractivity contribution is 7.98. The molecule has 1 aromatic heterocycles. The van der Waals surface area contributed by atoms with E-state index in [1.165, 1.54) is 11.8 Å². The molecular formula is C12H13N3O3S. The molecule has 0 atom stereocenters. The molecule has 1 heterocycles. The second-order valence-corrected chi connectivity index (χ2v) is 4.61. The molecule has 2 aromatic rings. The number of ether oxygens (including phenoxy) is 1. The third-order valence-corrected chi connectivity index (χ3v) is 3.36. The third kappa shape index (κ3) is 3.47. The first-order chi connectivity index (χ1) is 9.20. The summed E-state index contributed by atoms with van der Waals surface area (Å²) >= 11 is 1.33. The smallest absolute Gasteiger partial charge is 0.359 e. The van der Waals surface area contributed by atoms with Crippen molar-refractivity contribution >= 4 is 17.7 Å². The van der Waals surface area contributed by atoms with Crippen molar-refractivity contribution in [2.75, 3.05) is 6.61 Å². The minimum atomic E-state index is -1.08. The zero-order valence-electron chi connectivity index (χ0n) is 10.3. The van der Waals surface area contributed by atoms with E-state index in [1.54, 1.807) is 0 Å². The largest absolute Gasteiger partial charge is 0.494 e. The first-order valence-electron chi connectivity index (χ1n) is 5.69. The van der Waals surface area contributed by atoms with Crippen LogP contribution in [0.4, 0.5) is 0 Å². The number of thioether (sulfide) groups is 1. The number of carboxylic acid groups (broad SMARTS) is 1. The molecule has 0 saturated heterocycles. The summed E-state index contributed by atoms with van der Waals surface area (Å²) < 4.78 is 5.35. The zero-order chi connectivity index (χ0) is 13.7. The van der Waals surface area contributed by atoms with Crippen molar-refractivity contribution in [3.05, 3.63) is 35.5 Å². The van der Waals surface area contributed by atoms with Crippen LogP contribution in [0, 0.1) is 0 Å². The van der Waals surface area contributed by atoms with Gasteiger partial charge in [0.2, 0.25) is 5.69 Å². The molecule has 0 spiro atoms. The zero-order valence-corrected chi connectivity index (χ0v) is 11.1. The van der Waals surface area contributed by atoms with Crippen LogP contribution in [0.3, 0.4) is 0 Å². The Morgan fingerprint density at radius 3 is 2.74 bits per heavy atom. The summed E-state index contributed by atoms with van der Waals surface area (Å²) in [6.07, 6.45) is 0. The SMILES string of the molecule is CCOc1ccc(CSc2n[nH]nc2C(=O)O)cc1. The fourth-order valence-electron chi connectivity index (χ4n) is 1.46. The lowest BCUT2D eigenvalue weighted by Crippen LogP contribution is -1.98.